The second-order valence-corrected chi connectivity index (χ2v) is 1.33. The predicted octanol–water partition coefficient (Wildman–Crippen LogP) is -0.651. The fourth-order valence-corrected chi connectivity index (χ4v) is 0.249. The van der Waals surface area contributed by atoms with E-state index in [9.17, 15) is 9.59 Å². The molecule has 0 aromatic carbocycles. The molecule has 0 aliphatic rings. The average molecular weight is 141 g/mol. The maximum absolute atomic E-state index is 10.2. The van der Waals surface area contributed by atoms with Gasteiger partial charge in [0, 0.05) is 42.9 Å². The minimum Gasteiger partial charge on any atom is -0.412 e. The maximum Gasteiger partial charge on any atom is 0.197 e. The van der Waals surface area contributed by atoms with Gasteiger partial charge in [0.1, 0.15) is 0 Å². The molecule has 2 N–H and O–H groups in total. The normalized spacial score (nSPS) is 6.44. The van der Waals surface area contributed by atoms with Gasteiger partial charge in [-0.25, -0.2) is 0 Å². The van der Waals surface area contributed by atoms with E-state index in [4.69, 9.17) is 0 Å². The molecular formula is C5H10NaO3. The molecule has 0 atom stereocenters. The van der Waals surface area contributed by atoms with Gasteiger partial charge in [-0.2, -0.15) is 0 Å². The number of hydrogen-bond acceptors (Lipinski definition) is 2. The Hall–Kier alpha value is 0.300. The van der Waals surface area contributed by atoms with E-state index in [0.717, 1.165) is 0 Å². The first-order valence-electron chi connectivity index (χ1n) is 2.22. The maximum atomic E-state index is 10.2. The van der Waals surface area contributed by atoms with Crippen molar-refractivity contribution in [3.05, 3.63) is 0 Å². The third-order valence-electron chi connectivity index (χ3n) is 0.714. The molecule has 0 spiro atoms. The summed E-state index contributed by atoms with van der Waals surface area (Å²) in [6.07, 6.45) is 0.329. The van der Waals surface area contributed by atoms with Crippen LogP contribution in [0.1, 0.15) is 20.3 Å². The Morgan fingerprint density at radius 2 is 1.67 bits per heavy atom. The smallest absolute Gasteiger partial charge is 0.197 e. The standard InChI is InChI=1S/C5H8O2.Na.H2O/c1-3-5(7)4(2)6;;/h3H2,1-2H3;;1H2. The molecule has 0 saturated heterocycles. The van der Waals surface area contributed by atoms with Crippen LogP contribution in [0.4, 0.5) is 0 Å². The summed E-state index contributed by atoms with van der Waals surface area (Å²) in [5.41, 5.74) is 0. The van der Waals surface area contributed by atoms with Gasteiger partial charge in [-0.1, -0.05) is 6.92 Å². The van der Waals surface area contributed by atoms with E-state index < -0.39 is 0 Å². The molecule has 0 rings (SSSR count). The SMILES string of the molecule is CCC(=O)C(C)=O.O.[Na]. The molecule has 0 fully saturated rings. The van der Waals surface area contributed by atoms with Crippen molar-refractivity contribution in [3.8, 4) is 0 Å². The van der Waals surface area contributed by atoms with Crippen LogP contribution in [0.2, 0.25) is 0 Å². The van der Waals surface area contributed by atoms with Crippen molar-refractivity contribution in [2.45, 2.75) is 20.3 Å². The van der Waals surface area contributed by atoms with Gasteiger partial charge < -0.3 is 5.48 Å². The molecule has 0 aliphatic carbocycles. The second-order valence-electron chi connectivity index (χ2n) is 1.33. The molecule has 0 aromatic heterocycles. The summed E-state index contributed by atoms with van der Waals surface area (Å²) in [7, 11) is 0. The first kappa shape index (κ1) is 16.1. The zero-order valence-corrected chi connectivity index (χ0v) is 8.02. The molecule has 3 nitrogen and oxygen atoms in total. The van der Waals surface area contributed by atoms with Gasteiger partial charge in [-0.3, -0.25) is 9.59 Å². The minimum absolute atomic E-state index is 0. The number of carbonyl (C=O) groups excluding carboxylic acids is 2. The van der Waals surface area contributed by atoms with Crippen molar-refractivity contribution >= 4 is 41.1 Å². The van der Waals surface area contributed by atoms with Gasteiger partial charge in [-0.15, -0.1) is 0 Å². The number of hydrogen-bond donors (Lipinski definition) is 0. The van der Waals surface area contributed by atoms with Crippen molar-refractivity contribution in [1.82, 2.24) is 0 Å². The molecule has 0 saturated carbocycles. The summed E-state index contributed by atoms with van der Waals surface area (Å²) in [5, 5.41) is 0. The molecule has 0 bridgehead atoms. The van der Waals surface area contributed by atoms with Crippen molar-refractivity contribution < 1.29 is 15.1 Å². The Morgan fingerprint density at radius 1 is 1.33 bits per heavy atom. The summed E-state index contributed by atoms with van der Waals surface area (Å²) in [6.45, 7) is 2.95. The topological polar surface area (TPSA) is 65.6 Å². The van der Waals surface area contributed by atoms with Crippen LogP contribution in [-0.4, -0.2) is 46.6 Å². The molecule has 0 unspecified atom stereocenters. The molecule has 9 heavy (non-hydrogen) atoms. The zero-order chi connectivity index (χ0) is 5.86. The van der Waals surface area contributed by atoms with Crippen molar-refractivity contribution in [1.29, 1.82) is 0 Å². The summed E-state index contributed by atoms with van der Waals surface area (Å²) < 4.78 is 0. The predicted molar refractivity (Wildman–Crippen MR) is 35.3 cm³/mol. The van der Waals surface area contributed by atoms with Crippen molar-refractivity contribution in [3.63, 3.8) is 0 Å². The van der Waals surface area contributed by atoms with E-state index >= 15 is 0 Å². The minimum atomic E-state index is -0.345. The summed E-state index contributed by atoms with van der Waals surface area (Å²) in [6, 6.07) is 0. The van der Waals surface area contributed by atoms with E-state index in [1.54, 1.807) is 6.92 Å². The van der Waals surface area contributed by atoms with Crippen LogP contribution in [-0.2, 0) is 9.59 Å². The fraction of sp³-hybridized carbons (Fsp3) is 0.600. The van der Waals surface area contributed by atoms with Gasteiger partial charge in [0.15, 0.2) is 11.6 Å². The fourth-order valence-electron chi connectivity index (χ4n) is 0.249. The van der Waals surface area contributed by atoms with E-state index in [1.165, 1.54) is 6.92 Å². The molecule has 4 heteroatoms. The number of ketones is 2. The van der Waals surface area contributed by atoms with Crippen LogP contribution in [0.5, 0.6) is 0 Å². The Balaban J connectivity index is -0.000000180. The number of rotatable bonds is 2. The molecule has 1 radical (unpaired) electrons. The van der Waals surface area contributed by atoms with Crippen LogP contribution in [0.25, 0.3) is 0 Å². The first-order chi connectivity index (χ1) is 3.18. The van der Waals surface area contributed by atoms with E-state index in [2.05, 4.69) is 0 Å². The molecular weight excluding hydrogens is 131 g/mol. The Morgan fingerprint density at radius 3 is 1.67 bits per heavy atom. The van der Waals surface area contributed by atoms with Crippen LogP contribution in [0.3, 0.4) is 0 Å². The Bertz CT molecular complexity index is 100. The first-order valence-corrected chi connectivity index (χ1v) is 2.22. The van der Waals surface area contributed by atoms with Gasteiger partial charge in [-0.05, 0) is 0 Å². The van der Waals surface area contributed by atoms with Crippen LogP contribution < -0.4 is 0 Å². The Labute approximate surface area is 76.4 Å². The number of Topliss-reactive ketones (excluding diaryl/α,β-unsaturated/α-hetero) is 2. The van der Waals surface area contributed by atoms with Gasteiger partial charge >= 0.3 is 0 Å². The third-order valence-corrected chi connectivity index (χ3v) is 0.714. The second kappa shape index (κ2) is 8.30. The molecule has 0 aliphatic heterocycles. The van der Waals surface area contributed by atoms with E-state index in [-0.39, 0.29) is 46.6 Å². The number of carbonyl (C=O) groups is 2. The summed E-state index contributed by atoms with van der Waals surface area (Å²) in [4.78, 5) is 20.2. The molecule has 49 valence electrons. The van der Waals surface area contributed by atoms with E-state index in [0.29, 0.717) is 6.42 Å². The average Bonchev–Trinajstić information content (AvgIpc) is 1.65. The van der Waals surface area contributed by atoms with Gasteiger partial charge in [0.2, 0.25) is 0 Å². The summed E-state index contributed by atoms with van der Waals surface area (Å²) in [5.74, 6) is -0.637. The van der Waals surface area contributed by atoms with Gasteiger partial charge in [0.05, 0.1) is 0 Å². The zero-order valence-electron chi connectivity index (χ0n) is 6.02. The monoisotopic (exact) mass is 141 g/mol. The van der Waals surface area contributed by atoms with Crippen LogP contribution in [0.15, 0.2) is 0 Å². The Kier molecular flexibility index (Phi) is 14.9. The molecule has 0 amide bonds. The summed E-state index contributed by atoms with van der Waals surface area (Å²) >= 11 is 0. The van der Waals surface area contributed by atoms with Crippen molar-refractivity contribution in [2.75, 3.05) is 0 Å². The van der Waals surface area contributed by atoms with Gasteiger partial charge in [0.25, 0.3) is 0 Å². The largest absolute Gasteiger partial charge is 0.412 e. The quantitative estimate of drug-likeness (QED) is 0.379. The molecule has 0 aromatic rings. The van der Waals surface area contributed by atoms with Crippen LogP contribution in [0, 0.1) is 0 Å². The van der Waals surface area contributed by atoms with E-state index in [1.807, 2.05) is 0 Å². The third kappa shape index (κ3) is 8.30. The van der Waals surface area contributed by atoms with Crippen molar-refractivity contribution in [2.24, 2.45) is 0 Å². The van der Waals surface area contributed by atoms with Crippen LogP contribution >= 0.6 is 0 Å². The molecule has 0 heterocycles.